The standard InChI is InChI=1S/C15H24N2O2S/c1-15(2,3)13-6-5-7-14(12-13)20(18,19)17-10-8-16(4)9-11-17/h5-7,12H,8-11H2,1-4H3. The number of piperazine rings is 1. The molecule has 112 valence electrons. The first kappa shape index (κ1) is 15.5. The highest BCUT2D eigenvalue weighted by Gasteiger charge is 2.28. The Kier molecular flexibility index (Phi) is 4.23. The Morgan fingerprint density at radius 2 is 1.65 bits per heavy atom. The topological polar surface area (TPSA) is 40.6 Å². The van der Waals surface area contributed by atoms with Gasteiger partial charge in [-0.25, -0.2) is 8.42 Å². The van der Waals surface area contributed by atoms with Gasteiger partial charge in [0.25, 0.3) is 0 Å². The van der Waals surface area contributed by atoms with Gasteiger partial charge in [-0.15, -0.1) is 0 Å². The highest BCUT2D eigenvalue weighted by Crippen LogP contribution is 2.26. The average molecular weight is 296 g/mol. The summed E-state index contributed by atoms with van der Waals surface area (Å²) in [5, 5.41) is 0. The van der Waals surface area contributed by atoms with E-state index < -0.39 is 10.0 Å². The van der Waals surface area contributed by atoms with Gasteiger partial charge < -0.3 is 4.90 Å². The lowest BCUT2D eigenvalue weighted by molar-refractivity contribution is 0.222. The van der Waals surface area contributed by atoms with Crippen molar-refractivity contribution in [3.63, 3.8) is 0 Å². The Morgan fingerprint density at radius 1 is 1.05 bits per heavy atom. The molecule has 1 aliphatic rings. The van der Waals surface area contributed by atoms with Crippen LogP contribution in [0.2, 0.25) is 0 Å². The number of sulfonamides is 1. The zero-order chi connectivity index (χ0) is 15.0. The molecule has 5 heteroatoms. The van der Waals surface area contributed by atoms with Crippen molar-refractivity contribution in [3.8, 4) is 0 Å². The maximum Gasteiger partial charge on any atom is 0.243 e. The van der Waals surface area contributed by atoms with E-state index in [0.717, 1.165) is 18.7 Å². The molecule has 1 aromatic carbocycles. The first-order valence-electron chi connectivity index (χ1n) is 7.00. The van der Waals surface area contributed by atoms with E-state index in [1.165, 1.54) is 0 Å². The zero-order valence-corrected chi connectivity index (χ0v) is 13.6. The van der Waals surface area contributed by atoms with E-state index in [-0.39, 0.29) is 5.41 Å². The Balaban J connectivity index is 2.30. The fraction of sp³-hybridized carbons (Fsp3) is 0.600. The fourth-order valence-corrected chi connectivity index (χ4v) is 3.77. The van der Waals surface area contributed by atoms with Gasteiger partial charge in [-0.1, -0.05) is 32.9 Å². The minimum Gasteiger partial charge on any atom is -0.304 e. The molecule has 0 radical (unpaired) electrons. The van der Waals surface area contributed by atoms with Gasteiger partial charge >= 0.3 is 0 Å². The normalized spacial score (nSPS) is 19.2. The molecule has 2 rings (SSSR count). The molecule has 0 aromatic heterocycles. The minimum atomic E-state index is -3.36. The van der Waals surface area contributed by atoms with E-state index in [0.29, 0.717) is 18.0 Å². The van der Waals surface area contributed by atoms with E-state index in [1.807, 2.05) is 25.2 Å². The average Bonchev–Trinajstić information content (AvgIpc) is 2.38. The van der Waals surface area contributed by atoms with Crippen LogP contribution in [-0.2, 0) is 15.4 Å². The third kappa shape index (κ3) is 3.22. The van der Waals surface area contributed by atoms with Gasteiger partial charge in [-0.2, -0.15) is 4.31 Å². The summed E-state index contributed by atoms with van der Waals surface area (Å²) in [6, 6.07) is 7.34. The lowest BCUT2D eigenvalue weighted by Gasteiger charge is -2.31. The van der Waals surface area contributed by atoms with Crippen LogP contribution in [0.5, 0.6) is 0 Å². The van der Waals surface area contributed by atoms with Crippen molar-refractivity contribution in [2.24, 2.45) is 0 Å². The summed E-state index contributed by atoms with van der Waals surface area (Å²) in [4.78, 5) is 2.56. The molecule has 0 bridgehead atoms. The van der Waals surface area contributed by atoms with E-state index in [1.54, 1.807) is 10.4 Å². The van der Waals surface area contributed by atoms with Gasteiger partial charge in [0.15, 0.2) is 0 Å². The first-order chi connectivity index (χ1) is 9.21. The van der Waals surface area contributed by atoms with E-state index in [9.17, 15) is 8.42 Å². The second-order valence-electron chi connectivity index (χ2n) is 6.49. The van der Waals surface area contributed by atoms with Crippen LogP contribution >= 0.6 is 0 Å². The van der Waals surface area contributed by atoms with Crippen LogP contribution in [0.4, 0.5) is 0 Å². The summed E-state index contributed by atoms with van der Waals surface area (Å²) in [5.41, 5.74) is 1.00. The van der Waals surface area contributed by atoms with Crippen molar-refractivity contribution >= 4 is 10.0 Å². The van der Waals surface area contributed by atoms with Crippen LogP contribution < -0.4 is 0 Å². The van der Waals surface area contributed by atoms with Gasteiger partial charge in [0, 0.05) is 26.2 Å². The van der Waals surface area contributed by atoms with Crippen LogP contribution in [0.1, 0.15) is 26.3 Å². The van der Waals surface area contributed by atoms with Gasteiger partial charge in [-0.3, -0.25) is 0 Å². The minimum absolute atomic E-state index is 0.0480. The largest absolute Gasteiger partial charge is 0.304 e. The smallest absolute Gasteiger partial charge is 0.243 e. The van der Waals surface area contributed by atoms with E-state index >= 15 is 0 Å². The molecule has 1 fully saturated rings. The van der Waals surface area contributed by atoms with Gasteiger partial charge in [0.05, 0.1) is 4.90 Å². The Hall–Kier alpha value is -0.910. The summed E-state index contributed by atoms with van der Waals surface area (Å²) >= 11 is 0. The highest BCUT2D eigenvalue weighted by molar-refractivity contribution is 7.89. The highest BCUT2D eigenvalue weighted by atomic mass is 32.2. The molecule has 1 heterocycles. The summed E-state index contributed by atoms with van der Waals surface area (Å²) in [5.74, 6) is 0. The van der Waals surface area contributed by atoms with Crippen molar-refractivity contribution in [3.05, 3.63) is 29.8 Å². The van der Waals surface area contributed by atoms with Crippen LogP contribution in [0.3, 0.4) is 0 Å². The molecule has 1 aromatic rings. The summed E-state index contributed by atoms with van der Waals surface area (Å²) in [6.45, 7) is 8.99. The lowest BCUT2D eigenvalue weighted by atomic mass is 9.87. The molecular weight excluding hydrogens is 272 g/mol. The lowest BCUT2D eigenvalue weighted by Crippen LogP contribution is -2.47. The third-order valence-electron chi connectivity index (χ3n) is 3.80. The van der Waals surface area contributed by atoms with Crippen molar-refractivity contribution in [2.45, 2.75) is 31.1 Å². The van der Waals surface area contributed by atoms with Crippen molar-refractivity contribution in [2.75, 3.05) is 33.2 Å². The molecule has 1 aliphatic heterocycles. The van der Waals surface area contributed by atoms with Crippen LogP contribution in [0.25, 0.3) is 0 Å². The predicted octanol–water partition coefficient (Wildman–Crippen LogP) is 1.92. The SMILES string of the molecule is CN1CCN(S(=O)(=O)c2cccc(C(C)(C)C)c2)CC1. The van der Waals surface area contributed by atoms with Gasteiger partial charge in [-0.05, 0) is 30.2 Å². The molecule has 0 N–H and O–H groups in total. The Labute approximate surface area is 122 Å². The fourth-order valence-electron chi connectivity index (χ4n) is 2.30. The van der Waals surface area contributed by atoms with Gasteiger partial charge in [0.1, 0.15) is 0 Å². The predicted molar refractivity (Wildman–Crippen MR) is 81.4 cm³/mol. The number of benzene rings is 1. The van der Waals surface area contributed by atoms with Crippen LogP contribution in [0.15, 0.2) is 29.2 Å². The maximum absolute atomic E-state index is 12.7. The monoisotopic (exact) mass is 296 g/mol. The Morgan fingerprint density at radius 3 is 2.20 bits per heavy atom. The number of hydrogen-bond donors (Lipinski definition) is 0. The summed E-state index contributed by atoms with van der Waals surface area (Å²) in [6.07, 6.45) is 0. The molecule has 0 aliphatic carbocycles. The molecule has 1 saturated heterocycles. The zero-order valence-electron chi connectivity index (χ0n) is 12.8. The molecule has 0 amide bonds. The maximum atomic E-state index is 12.7. The third-order valence-corrected chi connectivity index (χ3v) is 5.69. The van der Waals surface area contributed by atoms with Crippen molar-refractivity contribution in [1.82, 2.24) is 9.21 Å². The van der Waals surface area contributed by atoms with Gasteiger partial charge in [0.2, 0.25) is 10.0 Å². The second-order valence-corrected chi connectivity index (χ2v) is 8.42. The van der Waals surface area contributed by atoms with Crippen LogP contribution in [0, 0.1) is 0 Å². The van der Waals surface area contributed by atoms with E-state index in [4.69, 9.17) is 0 Å². The number of hydrogen-bond acceptors (Lipinski definition) is 3. The Bertz CT molecular complexity index is 568. The molecule has 20 heavy (non-hydrogen) atoms. The van der Waals surface area contributed by atoms with Crippen molar-refractivity contribution < 1.29 is 8.42 Å². The molecular formula is C15H24N2O2S. The number of nitrogens with zero attached hydrogens (tertiary/aromatic N) is 2. The van der Waals surface area contributed by atoms with Crippen LogP contribution in [-0.4, -0.2) is 50.8 Å². The number of rotatable bonds is 2. The first-order valence-corrected chi connectivity index (χ1v) is 8.44. The number of likely N-dealkylation sites (N-methyl/N-ethyl adjacent to an activating group) is 1. The van der Waals surface area contributed by atoms with E-state index in [2.05, 4.69) is 25.7 Å². The molecule has 0 atom stereocenters. The molecule has 0 saturated carbocycles. The molecule has 0 spiro atoms. The second kappa shape index (κ2) is 5.47. The summed E-state index contributed by atoms with van der Waals surface area (Å²) in [7, 11) is -1.34. The molecule has 4 nitrogen and oxygen atoms in total. The quantitative estimate of drug-likeness (QED) is 0.837. The van der Waals surface area contributed by atoms with Crippen molar-refractivity contribution in [1.29, 1.82) is 0 Å². The summed E-state index contributed by atoms with van der Waals surface area (Å²) < 4.78 is 27.0. The molecule has 0 unspecified atom stereocenters.